The molecule has 3 aliphatic rings. The van der Waals surface area contributed by atoms with Gasteiger partial charge in [-0.2, -0.15) is 0 Å². The molecule has 141 heavy (non-hydrogen) atoms. The van der Waals surface area contributed by atoms with Crippen molar-refractivity contribution >= 4 is 127 Å². The van der Waals surface area contributed by atoms with Gasteiger partial charge in [0.15, 0.2) is 0 Å². The first-order valence-corrected chi connectivity index (χ1v) is 49.2. The van der Waals surface area contributed by atoms with Crippen LogP contribution >= 0.6 is 0 Å². The summed E-state index contributed by atoms with van der Waals surface area (Å²) in [6.45, 7) is 14.2. The van der Waals surface area contributed by atoms with E-state index in [1.807, 2.05) is 0 Å². The van der Waals surface area contributed by atoms with Crippen molar-refractivity contribution in [1.29, 1.82) is 0 Å². The van der Waals surface area contributed by atoms with Gasteiger partial charge in [0.25, 0.3) is 0 Å². The summed E-state index contributed by atoms with van der Waals surface area (Å²) >= 11 is 0. The van der Waals surface area contributed by atoms with Gasteiger partial charge in [0.1, 0.15) is 0 Å². The largest absolute Gasteiger partial charge is 0.311 e. The first-order valence-electron chi connectivity index (χ1n) is 49.2. The smallest absolute Gasteiger partial charge is 0.0542 e. The summed E-state index contributed by atoms with van der Waals surface area (Å²) in [7, 11) is 0. The number of hydrogen-bond acceptors (Lipinski definition) is 3. The van der Waals surface area contributed by atoms with Gasteiger partial charge in [-0.25, -0.2) is 0 Å². The first kappa shape index (κ1) is 85.2. The third-order valence-electron chi connectivity index (χ3n) is 30.2. The molecule has 0 N–H and O–H groups in total. The second kappa shape index (κ2) is 34.7. The van der Waals surface area contributed by atoms with Crippen LogP contribution in [0.25, 0.3) is 159 Å². The summed E-state index contributed by atoms with van der Waals surface area (Å²) in [5.41, 5.74) is 40.0. The van der Waals surface area contributed by atoms with Gasteiger partial charge >= 0.3 is 0 Å². The van der Waals surface area contributed by atoms with E-state index in [0.29, 0.717) is 0 Å². The lowest BCUT2D eigenvalue weighted by atomic mass is 9.80. The molecule has 4 heteroatoms. The number of hydrogen-bond donors (Lipinski definition) is 0. The van der Waals surface area contributed by atoms with Gasteiger partial charge in [0, 0.05) is 83.3 Å². The molecule has 1 heterocycles. The quantitative estimate of drug-likeness (QED) is 0.108. The van der Waals surface area contributed by atoms with E-state index in [2.05, 4.69) is 570 Å². The minimum absolute atomic E-state index is 0.0617. The Labute approximate surface area is 824 Å². The highest BCUT2D eigenvalue weighted by atomic mass is 15.2. The third kappa shape index (κ3) is 14.8. The summed E-state index contributed by atoms with van der Waals surface area (Å²) in [6.07, 6.45) is 0. The zero-order valence-electron chi connectivity index (χ0n) is 79.8. The molecule has 0 unspecified atom stereocenters. The second-order valence-electron chi connectivity index (χ2n) is 39.4. The molecule has 3 aliphatic carbocycles. The summed E-state index contributed by atoms with van der Waals surface area (Å²) < 4.78 is 2.43. The second-order valence-corrected chi connectivity index (χ2v) is 39.4. The fourth-order valence-electron chi connectivity index (χ4n) is 23.1. The Bertz CT molecular complexity index is 8920. The van der Waals surface area contributed by atoms with Gasteiger partial charge in [-0.15, -0.1) is 0 Å². The van der Waals surface area contributed by atoms with Crippen molar-refractivity contribution in [3.63, 3.8) is 0 Å². The standard InChI is InChI=1S/2C47H35N.C43H32N2/c1-47(2)43-19-11-10-18-42(43)46-44(47)31-37-14-8-9-17-41(37)45(46)34-24-28-40(29-25-34)48(38-15-4-3-5-16-38)39-26-22-33(23-27-39)36-21-20-32-12-6-7-13-35(32)30-36;1-47(2)45-31-39(22-27-43(45)44-29-36-12-8-9-13-37(36)30-46(44)47)34-20-25-42(26-21-34)48(40-14-4-3-5-15-40)41-23-18-33(19-24-41)38-17-16-32-10-6-7-11-35(32)28-38;1-43(2)37-21-11-8-16-31(37)32-25-24-30(28-38(32)43)44(29-14-4-3-5-15-29)41-26-27-42(36-18-7-6-17-35(36)41)45-39-22-12-9-19-33(39)34-20-10-13-23-40(34)45/h2*3-31H,1-2H3;3-28H,1-2H3. The van der Waals surface area contributed by atoms with Crippen LogP contribution in [0.4, 0.5) is 51.2 Å². The predicted molar refractivity (Wildman–Crippen MR) is 600 cm³/mol. The molecule has 0 bridgehead atoms. The van der Waals surface area contributed by atoms with Gasteiger partial charge in [-0.05, 0) is 312 Å². The number of fused-ring (bicyclic) bond motifs is 17. The van der Waals surface area contributed by atoms with E-state index in [1.165, 1.54) is 193 Å². The zero-order chi connectivity index (χ0) is 94.6. The van der Waals surface area contributed by atoms with Crippen LogP contribution < -0.4 is 14.7 Å². The Kier molecular flexibility index (Phi) is 21.0. The predicted octanol–water partition coefficient (Wildman–Crippen LogP) is 37.9. The summed E-state index contributed by atoms with van der Waals surface area (Å²) in [4.78, 5) is 7.11. The molecule has 0 aliphatic heterocycles. The van der Waals surface area contributed by atoms with Crippen molar-refractivity contribution in [2.75, 3.05) is 14.7 Å². The summed E-state index contributed by atoms with van der Waals surface area (Å²) in [5.74, 6) is 0. The Balaban J connectivity index is 0.000000111. The lowest BCUT2D eigenvalue weighted by molar-refractivity contribution is 0.660. The van der Waals surface area contributed by atoms with E-state index in [0.717, 1.165) is 51.2 Å². The average Bonchev–Trinajstić information content (AvgIpc) is 1.55. The first-order chi connectivity index (χ1) is 69.2. The van der Waals surface area contributed by atoms with Crippen LogP contribution in [0.2, 0.25) is 0 Å². The Morgan fingerprint density at radius 2 is 0.489 bits per heavy atom. The van der Waals surface area contributed by atoms with Crippen LogP contribution in [0.15, 0.2) is 510 Å². The number of nitrogens with zero attached hydrogens (tertiary/aromatic N) is 4. The van der Waals surface area contributed by atoms with Gasteiger partial charge in [0.05, 0.1) is 22.4 Å². The normalized spacial score (nSPS) is 13.1. The molecular weight excluding hydrogens is 1700 g/mol. The number of benzene rings is 23. The van der Waals surface area contributed by atoms with Gasteiger partial charge in [-0.1, -0.05) is 393 Å². The van der Waals surface area contributed by atoms with Crippen LogP contribution in [-0.2, 0) is 16.2 Å². The number of rotatable bonds is 14. The van der Waals surface area contributed by atoms with Crippen LogP contribution in [0.5, 0.6) is 0 Å². The highest BCUT2D eigenvalue weighted by molar-refractivity contribution is 6.13. The fourth-order valence-corrected chi connectivity index (χ4v) is 23.1. The summed E-state index contributed by atoms with van der Waals surface area (Å²) in [5, 5.41) is 15.2. The topological polar surface area (TPSA) is 14.7 Å². The number of aromatic nitrogens is 1. The molecule has 0 spiro atoms. The van der Waals surface area contributed by atoms with Crippen molar-refractivity contribution in [2.45, 2.75) is 57.8 Å². The SMILES string of the molecule is CC1(C)c2cc(-c3ccc(N(c4ccccc4)c4ccc(-c5ccc6ccccc6c5)cc4)cc3)ccc2-c2cc3ccccc3cc21.CC1(C)c2ccccc2-c2c1cc1ccccc1c2-c1ccc(N(c2ccccc2)c2ccc(-c3ccc4ccccc4c3)cc2)cc1.CC1(C)c2ccccc2-c2ccc(N(c3ccccc3)c3ccc(-n4c5ccccc5c5ccccc54)c4ccccc34)cc21. The van der Waals surface area contributed by atoms with Crippen molar-refractivity contribution in [3.8, 4) is 83.6 Å². The molecule has 4 nitrogen and oxygen atoms in total. The Morgan fingerprint density at radius 3 is 1.02 bits per heavy atom. The van der Waals surface area contributed by atoms with E-state index >= 15 is 0 Å². The Morgan fingerprint density at radius 1 is 0.163 bits per heavy atom. The third-order valence-corrected chi connectivity index (χ3v) is 30.2. The molecule has 23 aromatic carbocycles. The van der Waals surface area contributed by atoms with Crippen molar-refractivity contribution in [2.24, 2.45) is 0 Å². The highest BCUT2D eigenvalue weighted by Crippen LogP contribution is 2.58. The molecule has 0 fully saturated rings. The summed E-state index contributed by atoms with van der Waals surface area (Å²) in [6, 6.07) is 186. The average molecular weight is 1800 g/mol. The van der Waals surface area contributed by atoms with E-state index in [4.69, 9.17) is 0 Å². The zero-order valence-corrected chi connectivity index (χ0v) is 79.8. The molecule has 24 aromatic rings. The molecule has 1 aromatic heterocycles. The van der Waals surface area contributed by atoms with Crippen molar-refractivity contribution < 1.29 is 0 Å². The van der Waals surface area contributed by atoms with E-state index in [9.17, 15) is 0 Å². The molecule has 0 saturated heterocycles. The molecule has 0 amide bonds. The maximum absolute atomic E-state index is 2.43. The van der Waals surface area contributed by atoms with Crippen LogP contribution in [0, 0.1) is 0 Å². The van der Waals surface area contributed by atoms with Crippen LogP contribution in [0.1, 0.15) is 74.9 Å². The number of para-hydroxylation sites is 5. The van der Waals surface area contributed by atoms with Crippen LogP contribution in [-0.4, -0.2) is 4.57 Å². The van der Waals surface area contributed by atoms with Crippen LogP contribution in [0.3, 0.4) is 0 Å². The van der Waals surface area contributed by atoms with Crippen molar-refractivity contribution in [1.82, 2.24) is 4.57 Å². The highest BCUT2D eigenvalue weighted by Gasteiger charge is 2.40. The van der Waals surface area contributed by atoms with Gasteiger partial charge in [0.2, 0.25) is 0 Å². The number of anilines is 9. The Hall–Kier alpha value is -17.4. The molecule has 0 radical (unpaired) electrons. The van der Waals surface area contributed by atoms with E-state index in [-0.39, 0.29) is 16.2 Å². The minimum atomic E-state index is -0.0766. The fraction of sp³-hybridized carbons (Fsp3) is 0.0657. The maximum Gasteiger partial charge on any atom is 0.0542 e. The minimum Gasteiger partial charge on any atom is -0.311 e. The molecular formula is C137H102N4. The van der Waals surface area contributed by atoms with Gasteiger partial charge in [-0.3, -0.25) is 0 Å². The lowest BCUT2D eigenvalue weighted by Gasteiger charge is -2.29. The maximum atomic E-state index is 2.43. The van der Waals surface area contributed by atoms with E-state index < -0.39 is 0 Å². The molecule has 0 atom stereocenters. The van der Waals surface area contributed by atoms with Crippen molar-refractivity contribution in [3.05, 3.63) is 543 Å². The monoisotopic (exact) mass is 1800 g/mol. The molecule has 0 saturated carbocycles. The van der Waals surface area contributed by atoms with Gasteiger partial charge < -0.3 is 19.3 Å². The molecule has 27 rings (SSSR count). The van der Waals surface area contributed by atoms with E-state index in [1.54, 1.807) is 0 Å². The lowest BCUT2D eigenvalue weighted by Crippen LogP contribution is -2.16. The molecule has 670 valence electrons.